The fourth-order valence-corrected chi connectivity index (χ4v) is 4.08. The highest BCUT2D eigenvalue weighted by Gasteiger charge is 2.20. The second-order valence-corrected chi connectivity index (χ2v) is 8.07. The summed E-state index contributed by atoms with van der Waals surface area (Å²) in [5, 5.41) is 4.58. The number of aryl methyl sites for hydroxylation is 1. The van der Waals surface area contributed by atoms with Crippen LogP contribution in [0, 0.1) is 6.92 Å². The Morgan fingerprint density at radius 1 is 1.14 bits per heavy atom. The molecule has 4 nitrogen and oxygen atoms in total. The third kappa shape index (κ3) is 4.96. The molecule has 1 aliphatic heterocycles. The largest absolute Gasteiger partial charge is 0.423 e. The lowest BCUT2D eigenvalue weighted by molar-refractivity contribution is 0.236. The van der Waals surface area contributed by atoms with Crippen LogP contribution in [0.5, 0.6) is 0 Å². The van der Waals surface area contributed by atoms with Crippen LogP contribution in [0.15, 0.2) is 69.4 Å². The molecule has 0 atom stereocenters. The van der Waals surface area contributed by atoms with E-state index in [1.165, 1.54) is 11.1 Å². The van der Waals surface area contributed by atoms with Gasteiger partial charge in [0.1, 0.15) is 5.58 Å². The van der Waals surface area contributed by atoms with Crippen LogP contribution >= 0.6 is 0 Å². The number of hydrogen-bond acceptors (Lipinski definition) is 4. The minimum atomic E-state index is -0.303. The van der Waals surface area contributed by atoms with Gasteiger partial charge >= 0.3 is 5.63 Å². The van der Waals surface area contributed by atoms with Gasteiger partial charge in [0.2, 0.25) is 0 Å². The first-order valence-electron chi connectivity index (χ1n) is 10.3. The Kier molecular flexibility index (Phi) is 5.81. The van der Waals surface area contributed by atoms with Crippen molar-refractivity contribution in [2.75, 3.05) is 25.0 Å². The zero-order chi connectivity index (χ0) is 20.2. The maximum Gasteiger partial charge on any atom is 0.338 e. The van der Waals surface area contributed by atoms with E-state index in [2.05, 4.69) is 60.5 Å². The second-order valence-electron chi connectivity index (χ2n) is 8.07. The summed E-state index contributed by atoms with van der Waals surface area (Å²) >= 11 is 0. The van der Waals surface area contributed by atoms with Crippen molar-refractivity contribution < 1.29 is 4.42 Å². The van der Waals surface area contributed by atoms with Gasteiger partial charge in [0.25, 0.3) is 0 Å². The topological polar surface area (TPSA) is 45.5 Å². The van der Waals surface area contributed by atoms with Gasteiger partial charge in [-0.1, -0.05) is 53.6 Å². The summed E-state index contributed by atoms with van der Waals surface area (Å²) in [4.78, 5) is 14.4. The van der Waals surface area contributed by atoms with Gasteiger partial charge in [-0.15, -0.1) is 0 Å². The van der Waals surface area contributed by atoms with Gasteiger partial charge in [0.05, 0.1) is 5.69 Å². The van der Waals surface area contributed by atoms with Crippen molar-refractivity contribution in [3.05, 3.63) is 81.7 Å². The van der Waals surface area contributed by atoms with Crippen molar-refractivity contribution in [2.45, 2.75) is 32.7 Å². The Balaban J connectivity index is 1.38. The molecule has 0 aliphatic carbocycles. The Hall–Kier alpha value is -2.85. The maximum atomic E-state index is 11.9. The van der Waals surface area contributed by atoms with Gasteiger partial charge in [0, 0.05) is 37.1 Å². The predicted octanol–water partition coefficient (Wildman–Crippen LogP) is 5.08. The highest BCUT2D eigenvalue weighted by molar-refractivity contribution is 5.90. The SMILES string of the molecule is C/C(=C\c1ccccc1)CN1CCC(Nc2cc(=O)oc3ccc(C)cc23)CC1. The number of fused-ring (bicyclic) bond motifs is 1. The number of rotatable bonds is 5. The van der Waals surface area contributed by atoms with E-state index in [0.29, 0.717) is 11.6 Å². The van der Waals surface area contributed by atoms with E-state index in [1.807, 2.05) is 18.2 Å². The molecule has 0 saturated carbocycles. The zero-order valence-corrected chi connectivity index (χ0v) is 17.2. The van der Waals surface area contributed by atoms with Gasteiger partial charge < -0.3 is 9.73 Å². The molecule has 4 rings (SSSR count). The Labute approximate surface area is 171 Å². The number of likely N-dealkylation sites (tertiary alicyclic amines) is 1. The number of piperidine rings is 1. The van der Waals surface area contributed by atoms with Gasteiger partial charge in [-0.25, -0.2) is 4.79 Å². The molecule has 1 fully saturated rings. The summed E-state index contributed by atoms with van der Waals surface area (Å²) in [6.07, 6.45) is 4.39. The number of nitrogens with zero attached hydrogens (tertiary/aromatic N) is 1. The molecule has 1 aliphatic rings. The number of nitrogens with one attached hydrogen (secondary N) is 1. The summed E-state index contributed by atoms with van der Waals surface area (Å²) in [5.74, 6) is 0. The molecule has 0 bridgehead atoms. The standard InChI is InChI=1S/C25H28N2O2/c1-18-8-9-24-22(15-18)23(16-25(28)29-24)26-21-10-12-27(13-11-21)17-19(2)14-20-6-4-3-5-7-20/h3-9,14-16,21,26H,10-13,17H2,1-2H3/b19-14+. The predicted molar refractivity (Wildman–Crippen MR) is 120 cm³/mol. The number of anilines is 1. The first-order valence-corrected chi connectivity index (χ1v) is 10.3. The van der Waals surface area contributed by atoms with E-state index in [1.54, 1.807) is 6.07 Å². The van der Waals surface area contributed by atoms with E-state index in [9.17, 15) is 4.79 Å². The van der Waals surface area contributed by atoms with Gasteiger partial charge in [-0.05, 0) is 44.4 Å². The third-order valence-corrected chi connectivity index (χ3v) is 5.53. The summed E-state index contributed by atoms with van der Waals surface area (Å²) in [6, 6.07) is 18.4. The second kappa shape index (κ2) is 8.66. The van der Waals surface area contributed by atoms with Gasteiger partial charge in [-0.2, -0.15) is 0 Å². The van der Waals surface area contributed by atoms with Crippen molar-refractivity contribution in [1.82, 2.24) is 4.90 Å². The molecular weight excluding hydrogens is 360 g/mol. The average Bonchev–Trinajstić information content (AvgIpc) is 2.70. The molecule has 150 valence electrons. The van der Waals surface area contributed by atoms with Gasteiger partial charge in [0.15, 0.2) is 0 Å². The lowest BCUT2D eigenvalue weighted by Gasteiger charge is -2.33. The molecule has 1 aromatic heterocycles. The molecule has 1 saturated heterocycles. The lowest BCUT2D eigenvalue weighted by Crippen LogP contribution is -2.39. The Morgan fingerprint density at radius 3 is 2.66 bits per heavy atom. The van der Waals surface area contributed by atoms with Crippen LogP contribution in [0.3, 0.4) is 0 Å². The molecule has 2 aromatic carbocycles. The summed E-state index contributed by atoms with van der Waals surface area (Å²) in [6.45, 7) is 7.36. The van der Waals surface area contributed by atoms with Crippen LogP contribution < -0.4 is 10.9 Å². The summed E-state index contributed by atoms with van der Waals surface area (Å²) in [7, 11) is 0. The maximum absolute atomic E-state index is 11.9. The highest BCUT2D eigenvalue weighted by atomic mass is 16.4. The van der Waals surface area contributed by atoms with Crippen LogP contribution in [0.25, 0.3) is 17.0 Å². The smallest absolute Gasteiger partial charge is 0.338 e. The van der Waals surface area contributed by atoms with Crippen LogP contribution in [-0.4, -0.2) is 30.6 Å². The first-order chi connectivity index (χ1) is 14.1. The van der Waals surface area contributed by atoms with Crippen LogP contribution in [0.4, 0.5) is 5.69 Å². The van der Waals surface area contributed by atoms with Gasteiger partial charge in [-0.3, -0.25) is 4.90 Å². The monoisotopic (exact) mass is 388 g/mol. The van der Waals surface area contributed by atoms with Crippen LogP contribution in [-0.2, 0) is 0 Å². The summed E-state index contributed by atoms with van der Waals surface area (Å²) in [5.41, 5.74) is 5.02. The molecular formula is C25H28N2O2. The Bertz CT molecular complexity index is 1060. The van der Waals surface area contributed by atoms with Crippen molar-refractivity contribution in [2.24, 2.45) is 0 Å². The van der Waals surface area contributed by atoms with Crippen molar-refractivity contribution in [3.8, 4) is 0 Å². The molecule has 0 amide bonds. The van der Waals surface area contributed by atoms with Crippen LogP contribution in [0.2, 0.25) is 0 Å². The first kappa shape index (κ1) is 19.5. The third-order valence-electron chi connectivity index (χ3n) is 5.53. The quantitative estimate of drug-likeness (QED) is 0.619. The van der Waals surface area contributed by atoms with Crippen molar-refractivity contribution >= 4 is 22.7 Å². The lowest BCUT2D eigenvalue weighted by atomic mass is 10.0. The van der Waals surface area contributed by atoms with E-state index < -0.39 is 0 Å². The molecule has 2 heterocycles. The fraction of sp³-hybridized carbons (Fsp3) is 0.320. The van der Waals surface area contributed by atoms with E-state index in [-0.39, 0.29) is 5.63 Å². The molecule has 0 radical (unpaired) electrons. The molecule has 29 heavy (non-hydrogen) atoms. The number of hydrogen-bond donors (Lipinski definition) is 1. The van der Waals surface area contributed by atoms with Crippen LogP contribution in [0.1, 0.15) is 30.9 Å². The zero-order valence-electron chi connectivity index (χ0n) is 17.2. The molecule has 3 aromatic rings. The molecule has 0 unspecified atom stereocenters. The van der Waals surface area contributed by atoms with Crippen molar-refractivity contribution in [1.29, 1.82) is 0 Å². The molecule has 0 spiro atoms. The van der Waals surface area contributed by atoms with Crippen molar-refractivity contribution in [3.63, 3.8) is 0 Å². The van der Waals surface area contributed by atoms with E-state index in [4.69, 9.17) is 4.42 Å². The normalized spacial score (nSPS) is 16.3. The van der Waals surface area contributed by atoms with E-state index in [0.717, 1.165) is 49.1 Å². The molecule has 1 N–H and O–H groups in total. The minimum Gasteiger partial charge on any atom is -0.423 e. The average molecular weight is 389 g/mol. The fourth-order valence-electron chi connectivity index (χ4n) is 4.08. The Morgan fingerprint density at radius 2 is 1.90 bits per heavy atom. The number of benzene rings is 2. The highest BCUT2D eigenvalue weighted by Crippen LogP contribution is 2.25. The minimum absolute atomic E-state index is 0.303. The summed E-state index contributed by atoms with van der Waals surface area (Å²) < 4.78 is 5.35. The van der Waals surface area contributed by atoms with E-state index >= 15 is 0 Å². The molecule has 4 heteroatoms.